The van der Waals surface area contributed by atoms with Crippen molar-refractivity contribution in [1.82, 2.24) is 5.32 Å². The number of hydrogen-bond donors (Lipinski definition) is 3. The van der Waals surface area contributed by atoms with Crippen molar-refractivity contribution in [3.63, 3.8) is 0 Å². The standard InChI is InChI=1S/C14H18N2O4/c1-2-3-8-20-9-7-15-14(19)16-12-6-4-5-11(10-12)13(17)18/h2,4-6,10H,1,3,7-9H2,(H,17,18)(H2,15,16,19). The number of amides is 2. The summed E-state index contributed by atoms with van der Waals surface area (Å²) in [6.07, 6.45) is 2.53. The van der Waals surface area contributed by atoms with Crippen LogP contribution >= 0.6 is 0 Å². The molecule has 6 heteroatoms. The molecule has 108 valence electrons. The van der Waals surface area contributed by atoms with Crippen molar-refractivity contribution in [2.24, 2.45) is 0 Å². The summed E-state index contributed by atoms with van der Waals surface area (Å²) in [4.78, 5) is 22.3. The number of urea groups is 1. The molecule has 0 atom stereocenters. The summed E-state index contributed by atoms with van der Waals surface area (Å²) in [5.74, 6) is -1.04. The monoisotopic (exact) mass is 278 g/mol. The van der Waals surface area contributed by atoms with E-state index in [9.17, 15) is 9.59 Å². The van der Waals surface area contributed by atoms with Gasteiger partial charge in [-0.1, -0.05) is 12.1 Å². The fourth-order valence-corrected chi connectivity index (χ4v) is 1.41. The molecule has 0 aliphatic rings. The van der Waals surface area contributed by atoms with E-state index >= 15 is 0 Å². The highest BCUT2D eigenvalue weighted by Gasteiger charge is 2.05. The van der Waals surface area contributed by atoms with Crippen LogP contribution < -0.4 is 10.6 Å². The van der Waals surface area contributed by atoms with Crippen LogP contribution in [0.15, 0.2) is 36.9 Å². The van der Waals surface area contributed by atoms with Crippen molar-refractivity contribution in [1.29, 1.82) is 0 Å². The van der Waals surface area contributed by atoms with Gasteiger partial charge in [0.05, 0.1) is 18.8 Å². The van der Waals surface area contributed by atoms with Crippen molar-refractivity contribution in [3.8, 4) is 0 Å². The Morgan fingerprint density at radius 3 is 2.85 bits per heavy atom. The Labute approximate surface area is 117 Å². The number of anilines is 1. The second-order valence-electron chi connectivity index (χ2n) is 3.96. The van der Waals surface area contributed by atoms with Gasteiger partial charge in [-0.3, -0.25) is 0 Å². The fraction of sp³-hybridized carbons (Fsp3) is 0.286. The third kappa shape index (κ3) is 6.01. The third-order valence-electron chi connectivity index (χ3n) is 2.37. The predicted molar refractivity (Wildman–Crippen MR) is 76.1 cm³/mol. The van der Waals surface area contributed by atoms with E-state index < -0.39 is 12.0 Å². The first-order valence-electron chi connectivity index (χ1n) is 6.20. The molecule has 0 unspecified atom stereocenters. The summed E-state index contributed by atoms with van der Waals surface area (Å²) in [6, 6.07) is 5.63. The number of rotatable bonds is 8. The summed E-state index contributed by atoms with van der Waals surface area (Å²) in [5.41, 5.74) is 0.547. The van der Waals surface area contributed by atoms with Gasteiger partial charge in [-0.25, -0.2) is 9.59 Å². The lowest BCUT2D eigenvalue weighted by molar-refractivity contribution is 0.0697. The van der Waals surface area contributed by atoms with Gasteiger partial charge >= 0.3 is 12.0 Å². The molecule has 20 heavy (non-hydrogen) atoms. The highest BCUT2D eigenvalue weighted by atomic mass is 16.5. The maximum atomic E-state index is 11.5. The maximum Gasteiger partial charge on any atom is 0.335 e. The summed E-state index contributed by atoms with van der Waals surface area (Å²) in [5, 5.41) is 14.0. The van der Waals surface area contributed by atoms with Gasteiger partial charge in [-0.05, 0) is 24.6 Å². The molecule has 0 fully saturated rings. The largest absolute Gasteiger partial charge is 0.478 e. The van der Waals surface area contributed by atoms with Gasteiger partial charge in [0.2, 0.25) is 0 Å². The molecule has 2 amide bonds. The van der Waals surface area contributed by atoms with E-state index in [0.717, 1.165) is 6.42 Å². The number of carbonyl (C=O) groups is 2. The van der Waals surface area contributed by atoms with Crippen LogP contribution in [-0.4, -0.2) is 36.9 Å². The van der Waals surface area contributed by atoms with Crippen molar-refractivity contribution in [3.05, 3.63) is 42.5 Å². The van der Waals surface area contributed by atoms with Gasteiger partial charge in [-0.15, -0.1) is 6.58 Å². The number of carboxylic acid groups (broad SMARTS) is 1. The molecule has 0 saturated heterocycles. The first kappa shape index (κ1) is 15.7. The lowest BCUT2D eigenvalue weighted by Crippen LogP contribution is -2.31. The van der Waals surface area contributed by atoms with E-state index in [0.29, 0.717) is 25.4 Å². The Bertz CT molecular complexity index is 474. The van der Waals surface area contributed by atoms with Crippen molar-refractivity contribution in [2.45, 2.75) is 6.42 Å². The van der Waals surface area contributed by atoms with Crippen LogP contribution in [0.4, 0.5) is 10.5 Å². The number of ether oxygens (including phenoxy) is 1. The summed E-state index contributed by atoms with van der Waals surface area (Å²) in [6.45, 7) is 4.94. The van der Waals surface area contributed by atoms with Gasteiger partial charge in [0.25, 0.3) is 0 Å². The van der Waals surface area contributed by atoms with Crippen LogP contribution in [0.1, 0.15) is 16.8 Å². The van der Waals surface area contributed by atoms with Gasteiger partial charge in [0.15, 0.2) is 0 Å². The Morgan fingerprint density at radius 2 is 2.15 bits per heavy atom. The summed E-state index contributed by atoms with van der Waals surface area (Å²) >= 11 is 0. The zero-order valence-corrected chi connectivity index (χ0v) is 11.1. The van der Waals surface area contributed by atoms with Crippen LogP contribution in [-0.2, 0) is 4.74 Å². The van der Waals surface area contributed by atoms with Gasteiger partial charge in [0.1, 0.15) is 0 Å². The van der Waals surface area contributed by atoms with Gasteiger partial charge in [-0.2, -0.15) is 0 Å². The first-order chi connectivity index (χ1) is 9.63. The highest BCUT2D eigenvalue weighted by Crippen LogP contribution is 2.10. The number of carbonyl (C=O) groups excluding carboxylic acids is 1. The summed E-state index contributed by atoms with van der Waals surface area (Å²) < 4.78 is 5.23. The molecule has 6 nitrogen and oxygen atoms in total. The van der Waals surface area contributed by atoms with Crippen LogP contribution in [0.2, 0.25) is 0 Å². The molecule has 1 rings (SSSR count). The highest BCUT2D eigenvalue weighted by molar-refractivity contribution is 5.93. The van der Waals surface area contributed by atoms with E-state index in [-0.39, 0.29) is 5.56 Å². The lowest BCUT2D eigenvalue weighted by atomic mass is 10.2. The van der Waals surface area contributed by atoms with Crippen LogP contribution in [0.25, 0.3) is 0 Å². The quantitative estimate of drug-likeness (QED) is 0.502. The molecular formula is C14H18N2O4. The second kappa shape index (κ2) is 8.71. The second-order valence-corrected chi connectivity index (χ2v) is 3.96. The molecule has 0 aromatic heterocycles. The Kier molecular flexibility index (Phi) is 6.84. The number of hydrogen-bond acceptors (Lipinski definition) is 3. The topological polar surface area (TPSA) is 87.7 Å². The smallest absolute Gasteiger partial charge is 0.335 e. The number of aromatic carboxylic acids is 1. The van der Waals surface area contributed by atoms with Gasteiger partial charge < -0.3 is 20.5 Å². The number of nitrogens with one attached hydrogen (secondary N) is 2. The molecule has 1 aromatic carbocycles. The van der Waals surface area contributed by atoms with Crippen molar-refractivity contribution >= 4 is 17.7 Å². The lowest BCUT2D eigenvalue weighted by Gasteiger charge is -2.08. The molecule has 0 aliphatic heterocycles. The minimum atomic E-state index is -1.04. The Hall–Kier alpha value is -2.34. The average molecular weight is 278 g/mol. The van der Waals surface area contributed by atoms with E-state index in [2.05, 4.69) is 17.2 Å². The molecule has 0 bridgehead atoms. The molecule has 0 spiro atoms. The molecule has 0 heterocycles. The SMILES string of the molecule is C=CCCOCCNC(=O)Nc1cccc(C(=O)O)c1. The van der Waals surface area contributed by atoms with E-state index in [1.54, 1.807) is 18.2 Å². The molecule has 1 aromatic rings. The summed E-state index contributed by atoms with van der Waals surface area (Å²) in [7, 11) is 0. The Morgan fingerprint density at radius 1 is 1.35 bits per heavy atom. The molecule has 0 radical (unpaired) electrons. The third-order valence-corrected chi connectivity index (χ3v) is 2.37. The van der Waals surface area contributed by atoms with E-state index in [1.165, 1.54) is 12.1 Å². The average Bonchev–Trinajstić information content (AvgIpc) is 2.43. The minimum Gasteiger partial charge on any atom is -0.478 e. The van der Waals surface area contributed by atoms with E-state index in [4.69, 9.17) is 9.84 Å². The molecule has 3 N–H and O–H groups in total. The zero-order chi connectivity index (χ0) is 14.8. The van der Waals surface area contributed by atoms with Crippen molar-refractivity contribution in [2.75, 3.05) is 25.1 Å². The molecular weight excluding hydrogens is 260 g/mol. The minimum absolute atomic E-state index is 0.121. The number of benzene rings is 1. The van der Waals surface area contributed by atoms with E-state index in [1.807, 2.05) is 0 Å². The van der Waals surface area contributed by atoms with Crippen LogP contribution in [0.3, 0.4) is 0 Å². The normalized spacial score (nSPS) is 9.80. The zero-order valence-electron chi connectivity index (χ0n) is 11.1. The van der Waals surface area contributed by atoms with Gasteiger partial charge in [0, 0.05) is 12.2 Å². The molecule has 0 aliphatic carbocycles. The van der Waals surface area contributed by atoms with Crippen LogP contribution in [0, 0.1) is 0 Å². The van der Waals surface area contributed by atoms with Crippen LogP contribution in [0.5, 0.6) is 0 Å². The first-order valence-corrected chi connectivity index (χ1v) is 6.20. The predicted octanol–water partition coefficient (Wildman–Crippen LogP) is 2.10. The fourth-order valence-electron chi connectivity index (χ4n) is 1.41. The van der Waals surface area contributed by atoms with Crippen molar-refractivity contribution < 1.29 is 19.4 Å². The number of carboxylic acids is 1. The molecule has 0 saturated carbocycles. The maximum absolute atomic E-state index is 11.5. The Balaban J connectivity index is 2.30.